The second-order valence-electron chi connectivity index (χ2n) is 11.5. The van der Waals surface area contributed by atoms with Gasteiger partial charge in [0.1, 0.15) is 0 Å². The normalized spacial score (nSPS) is 11.5. The third-order valence-electron chi connectivity index (χ3n) is 8.48. The van der Waals surface area contributed by atoms with E-state index < -0.39 is 15.8 Å². The van der Waals surface area contributed by atoms with Gasteiger partial charge in [-0.25, -0.2) is 0 Å². The Morgan fingerprint density at radius 2 is 0.957 bits per heavy atom. The predicted octanol–water partition coefficient (Wildman–Crippen LogP) is 9.55. The van der Waals surface area contributed by atoms with Crippen molar-refractivity contribution in [1.82, 2.24) is 0 Å². The molecule has 46 heavy (non-hydrogen) atoms. The lowest BCUT2D eigenvalue weighted by atomic mass is 9.98. The Morgan fingerprint density at radius 3 is 1.52 bits per heavy atom. The molecule has 0 atom stereocenters. The van der Waals surface area contributed by atoms with E-state index in [2.05, 4.69) is 183 Å². The maximum absolute atomic E-state index is 2.47. The third-order valence-corrected chi connectivity index (χ3v) is 15.0. The lowest BCUT2D eigenvalue weighted by molar-refractivity contribution is 1.49. The fourth-order valence-corrected chi connectivity index (χ4v) is 13.3. The van der Waals surface area contributed by atoms with Gasteiger partial charge in [0.2, 0.25) is 0 Å². The van der Waals surface area contributed by atoms with E-state index in [0.29, 0.717) is 0 Å². The van der Waals surface area contributed by atoms with Gasteiger partial charge in [-0.2, -0.15) is 0 Å². The highest BCUT2D eigenvalue weighted by atomic mass is 32.1. The van der Waals surface area contributed by atoms with Gasteiger partial charge in [-0.05, 0) is 71.7 Å². The van der Waals surface area contributed by atoms with Crippen LogP contribution in [0.1, 0.15) is 5.56 Å². The van der Waals surface area contributed by atoms with Gasteiger partial charge >= 0.3 is 0 Å². The first-order valence-corrected chi connectivity index (χ1v) is 19.1. The minimum absolute atomic E-state index is 0.811. The van der Waals surface area contributed by atoms with Crippen LogP contribution < -0.4 is 31.1 Å². The molecule has 0 spiro atoms. The van der Waals surface area contributed by atoms with E-state index in [1.165, 1.54) is 68.7 Å². The van der Waals surface area contributed by atoms with Gasteiger partial charge in [0.05, 0.1) is 0 Å². The molecule has 0 saturated carbocycles. The molecule has 1 aromatic heterocycles. The van der Waals surface area contributed by atoms with Crippen molar-refractivity contribution < 1.29 is 0 Å². The molecule has 0 fully saturated rings. The standard InChI is InChI=1S/C43H32P2S/c1-31-26-28-39(44(33-17-6-2-7-18-33)34-19-8-3-9-20-34)38(30-31)42-41-37-25-15-14-16-32(37)27-29-40(41)46-43(42)45(35-21-10-4-11-22-35)36-23-12-5-13-24-36/h2-30H,1H3. The van der Waals surface area contributed by atoms with Crippen molar-refractivity contribution in [3.8, 4) is 11.1 Å². The summed E-state index contributed by atoms with van der Waals surface area (Å²) in [6.45, 7) is 2.24. The van der Waals surface area contributed by atoms with E-state index in [1.807, 2.05) is 11.3 Å². The molecule has 0 nitrogen and oxygen atoms in total. The van der Waals surface area contributed by atoms with E-state index in [4.69, 9.17) is 0 Å². The Kier molecular flexibility index (Phi) is 8.07. The fraction of sp³-hybridized carbons (Fsp3) is 0.0233. The Bertz CT molecular complexity index is 2180. The Balaban J connectivity index is 1.51. The minimum atomic E-state index is -0.817. The SMILES string of the molecule is Cc1ccc(P(c2ccccc2)c2ccccc2)c(-c2c(P(c3ccccc3)c3ccccc3)sc3ccc4ccccc4c23)c1. The zero-order valence-electron chi connectivity index (χ0n) is 25.5. The van der Waals surface area contributed by atoms with Gasteiger partial charge in [0, 0.05) is 20.3 Å². The van der Waals surface area contributed by atoms with E-state index in [0.717, 1.165) is 0 Å². The molecule has 0 amide bonds. The Labute approximate surface area is 277 Å². The number of thiophene rings is 1. The van der Waals surface area contributed by atoms with Crippen LogP contribution >= 0.6 is 27.2 Å². The number of benzene rings is 7. The van der Waals surface area contributed by atoms with Crippen LogP contribution in [0.3, 0.4) is 0 Å². The van der Waals surface area contributed by atoms with Crippen molar-refractivity contribution in [3.05, 3.63) is 181 Å². The largest absolute Gasteiger partial charge is 0.134 e. The maximum atomic E-state index is 2.47. The fourth-order valence-electron chi connectivity index (χ4n) is 6.43. The van der Waals surface area contributed by atoms with E-state index in [9.17, 15) is 0 Å². The van der Waals surface area contributed by atoms with Crippen molar-refractivity contribution >= 4 is 79.2 Å². The third kappa shape index (κ3) is 5.40. The van der Waals surface area contributed by atoms with Crippen LogP contribution in [0.15, 0.2) is 176 Å². The van der Waals surface area contributed by atoms with Crippen molar-refractivity contribution in [2.24, 2.45) is 0 Å². The van der Waals surface area contributed by atoms with Crippen LogP contribution in [0.2, 0.25) is 0 Å². The van der Waals surface area contributed by atoms with Crippen LogP contribution in [-0.2, 0) is 0 Å². The minimum Gasteiger partial charge on any atom is -0.134 e. The summed E-state index contributed by atoms with van der Waals surface area (Å²) in [6, 6.07) is 65.3. The lowest BCUT2D eigenvalue weighted by Crippen LogP contribution is -2.24. The zero-order valence-corrected chi connectivity index (χ0v) is 28.2. The molecule has 0 aliphatic rings. The molecule has 0 radical (unpaired) electrons. The molecular weight excluding hydrogens is 610 g/mol. The van der Waals surface area contributed by atoms with Gasteiger partial charge in [0.15, 0.2) is 0 Å². The predicted molar refractivity (Wildman–Crippen MR) is 207 cm³/mol. The van der Waals surface area contributed by atoms with Gasteiger partial charge < -0.3 is 0 Å². The summed E-state index contributed by atoms with van der Waals surface area (Å²) in [5, 5.41) is 10.9. The molecule has 1 heterocycles. The first-order valence-electron chi connectivity index (χ1n) is 15.6. The highest BCUT2D eigenvalue weighted by Gasteiger charge is 2.29. The summed E-state index contributed by atoms with van der Waals surface area (Å²) < 4.78 is 2.81. The number of hydrogen-bond donors (Lipinski definition) is 0. The molecule has 8 aromatic rings. The molecule has 0 bridgehead atoms. The average molecular weight is 643 g/mol. The van der Waals surface area contributed by atoms with Crippen LogP contribution in [0.4, 0.5) is 0 Å². The summed E-state index contributed by atoms with van der Waals surface area (Å²) >= 11 is 1.99. The highest BCUT2D eigenvalue weighted by Crippen LogP contribution is 2.48. The van der Waals surface area contributed by atoms with Gasteiger partial charge in [0.25, 0.3) is 0 Å². The lowest BCUT2D eigenvalue weighted by Gasteiger charge is -2.25. The first-order chi connectivity index (χ1) is 22.8. The van der Waals surface area contributed by atoms with Crippen molar-refractivity contribution in [1.29, 1.82) is 0 Å². The van der Waals surface area contributed by atoms with Gasteiger partial charge in [-0.3, -0.25) is 0 Å². The molecule has 3 heteroatoms. The second-order valence-corrected chi connectivity index (χ2v) is 17.2. The van der Waals surface area contributed by atoms with Crippen molar-refractivity contribution in [2.45, 2.75) is 6.92 Å². The number of fused-ring (bicyclic) bond motifs is 3. The highest BCUT2D eigenvalue weighted by molar-refractivity contribution is 7.85. The number of aryl methyl sites for hydroxylation is 1. The average Bonchev–Trinajstić information content (AvgIpc) is 3.50. The molecule has 0 saturated heterocycles. The summed E-state index contributed by atoms with van der Waals surface area (Å²) in [6.07, 6.45) is 0. The molecule has 0 N–H and O–H groups in total. The van der Waals surface area contributed by atoms with E-state index >= 15 is 0 Å². The van der Waals surface area contributed by atoms with Gasteiger partial charge in [-0.1, -0.05) is 175 Å². The van der Waals surface area contributed by atoms with Crippen LogP contribution in [0.5, 0.6) is 0 Å². The molecule has 0 aliphatic carbocycles. The van der Waals surface area contributed by atoms with E-state index in [1.54, 1.807) is 0 Å². The molecule has 220 valence electrons. The molecule has 7 aromatic carbocycles. The Hall–Kier alpha value is -4.38. The second kappa shape index (κ2) is 12.8. The summed E-state index contributed by atoms with van der Waals surface area (Å²) in [5.41, 5.74) is 4.04. The monoisotopic (exact) mass is 642 g/mol. The quantitative estimate of drug-likeness (QED) is 0.152. The van der Waals surface area contributed by atoms with Crippen molar-refractivity contribution in [3.63, 3.8) is 0 Å². The molecule has 8 rings (SSSR count). The maximum Gasteiger partial charge on any atom is 0.0459 e. The molecule has 0 unspecified atom stereocenters. The van der Waals surface area contributed by atoms with E-state index in [-0.39, 0.29) is 0 Å². The van der Waals surface area contributed by atoms with Crippen LogP contribution in [0, 0.1) is 6.92 Å². The van der Waals surface area contributed by atoms with Crippen molar-refractivity contribution in [2.75, 3.05) is 0 Å². The summed E-state index contributed by atoms with van der Waals surface area (Å²) in [5.74, 6) is 0. The summed E-state index contributed by atoms with van der Waals surface area (Å²) in [4.78, 5) is 0. The molecule has 0 aliphatic heterocycles. The Morgan fingerprint density at radius 1 is 0.457 bits per heavy atom. The smallest absolute Gasteiger partial charge is 0.0459 e. The number of hydrogen-bond acceptors (Lipinski definition) is 1. The van der Waals surface area contributed by atoms with Gasteiger partial charge in [-0.15, -0.1) is 11.3 Å². The summed E-state index contributed by atoms with van der Waals surface area (Å²) in [7, 11) is -1.63. The molecular formula is C43H32P2S. The zero-order chi connectivity index (χ0) is 30.9. The number of rotatable bonds is 7. The van der Waals surface area contributed by atoms with Crippen LogP contribution in [0.25, 0.3) is 32.0 Å². The van der Waals surface area contributed by atoms with Crippen LogP contribution in [-0.4, -0.2) is 0 Å². The first kappa shape index (κ1) is 29.1. The topological polar surface area (TPSA) is 0 Å².